The van der Waals surface area contributed by atoms with E-state index in [2.05, 4.69) is 5.32 Å². The molecule has 94 valence electrons. The van der Waals surface area contributed by atoms with Crippen molar-refractivity contribution in [3.63, 3.8) is 0 Å². The molecule has 4 heteroatoms. The van der Waals surface area contributed by atoms with Crippen LogP contribution in [0.5, 0.6) is 0 Å². The largest absolute Gasteiger partial charge is 0.399 e. The molecule has 0 aromatic heterocycles. The zero-order valence-corrected chi connectivity index (χ0v) is 10.5. The molecule has 0 aliphatic rings. The number of carbonyl (C=O) groups is 1. The summed E-state index contributed by atoms with van der Waals surface area (Å²) in [6.45, 7) is 5.85. The predicted octanol–water partition coefficient (Wildman–Crippen LogP) is 1.73. The number of ether oxygens (including phenoxy) is 1. The van der Waals surface area contributed by atoms with E-state index >= 15 is 0 Å². The molecule has 0 saturated heterocycles. The third-order valence-electron chi connectivity index (χ3n) is 2.45. The first kappa shape index (κ1) is 13.5. The lowest BCUT2D eigenvalue weighted by atomic mass is 10.1. The number of nitrogens with two attached hydrogens (primary N) is 1. The van der Waals surface area contributed by atoms with Crippen LogP contribution in [0.3, 0.4) is 0 Å². The molecule has 0 spiro atoms. The number of hydrogen-bond acceptors (Lipinski definition) is 3. The van der Waals surface area contributed by atoms with E-state index in [1.165, 1.54) is 0 Å². The van der Waals surface area contributed by atoms with Gasteiger partial charge in [0.05, 0.1) is 0 Å². The fraction of sp³-hybridized carbons (Fsp3) is 0.462. The van der Waals surface area contributed by atoms with Crippen molar-refractivity contribution >= 4 is 11.6 Å². The third-order valence-corrected chi connectivity index (χ3v) is 2.45. The smallest absolute Gasteiger partial charge is 0.251 e. The van der Waals surface area contributed by atoms with Crippen LogP contribution in [0.2, 0.25) is 0 Å². The van der Waals surface area contributed by atoms with E-state index in [-0.39, 0.29) is 5.91 Å². The van der Waals surface area contributed by atoms with Crippen LogP contribution in [0, 0.1) is 6.92 Å². The Bertz CT molecular complexity index is 378. The second-order valence-electron chi connectivity index (χ2n) is 3.88. The monoisotopic (exact) mass is 236 g/mol. The van der Waals surface area contributed by atoms with Gasteiger partial charge in [0.2, 0.25) is 0 Å². The first-order valence-electron chi connectivity index (χ1n) is 5.87. The lowest BCUT2D eigenvalue weighted by Gasteiger charge is -2.08. The average Bonchev–Trinajstić information content (AvgIpc) is 2.28. The van der Waals surface area contributed by atoms with Gasteiger partial charge in [-0.25, -0.2) is 0 Å². The predicted molar refractivity (Wildman–Crippen MR) is 69.0 cm³/mol. The number of aryl methyl sites for hydroxylation is 1. The Kier molecular flexibility index (Phi) is 5.49. The zero-order valence-electron chi connectivity index (χ0n) is 10.5. The molecule has 4 nitrogen and oxygen atoms in total. The Morgan fingerprint density at radius 3 is 2.88 bits per heavy atom. The minimum Gasteiger partial charge on any atom is -0.399 e. The molecule has 1 aromatic rings. The molecule has 0 heterocycles. The van der Waals surface area contributed by atoms with Gasteiger partial charge < -0.3 is 15.8 Å². The van der Waals surface area contributed by atoms with Crippen LogP contribution in [-0.2, 0) is 4.74 Å². The molecule has 0 saturated carbocycles. The van der Waals surface area contributed by atoms with Crippen LogP contribution in [0.1, 0.15) is 29.3 Å². The van der Waals surface area contributed by atoms with Crippen molar-refractivity contribution in [2.45, 2.75) is 20.3 Å². The van der Waals surface area contributed by atoms with Crippen LogP contribution < -0.4 is 11.1 Å². The van der Waals surface area contributed by atoms with E-state index in [0.29, 0.717) is 31.0 Å². The third kappa shape index (κ3) is 4.44. The number of anilines is 1. The van der Waals surface area contributed by atoms with Crippen molar-refractivity contribution in [3.05, 3.63) is 29.3 Å². The fourth-order valence-corrected chi connectivity index (χ4v) is 1.56. The summed E-state index contributed by atoms with van der Waals surface area (Å²) in [6.07, 6.45) is 0.827. The summed E-state index contributed by atoms with van der Waals surface area (Å²) >= 11 is 0. The van der Waals surface area contributed by atoms with E-state index < -0.39 is 0 Å². The number of hydrogen-bond donors (Lipinski definition) is 2. The molecular weight excluding hydrogens is 216 g/mol. The van der Waals surface area contributed by atoms with Gasteiger partial charge in [-0.15, -0.1) is 0 Å². The minimum atomic E-state index is -0.0565. The first-order chi connectivity index (χ1) is 8.15. The van der Waals surface area contributed by atoms with Crippen molar-refractivity contribution < 1.29 is 9.53 Å². The van der Waals surface area contributed by atoms with Crippen LogP contribution in [0.4, 0.5) is 5.69 Å². The summed E-state index contributed by atoms with van der Waals surface area (Å²) in [7, 11) is 0. The molecule has 0 atom stereocenters. The average molecular weight is 236 g/mol. The summed E-state index contributed by atoms with van der Waals surface area (Å²) < 4.78 is 5.19. The second kappa shape index (κ2) is 6.91. The van der Waals surface area contributed by atoms with E-state index in [0.717, 1.165) is 12.0 Å². The highest BCUT2D eigenvalue weighted by atomic mass is 16.5. The summed E-state index contributed by atoms with van der Waals surface area (Å²) in [5.41, 5.74) is 7.88. The Hall–Kier alpha value is -1.55. The highest BCUT2D eigenvalue weighted by molar-refractivity contribution is 5.95. The maximum absolute atomic E-state index is 11.8. The summed E-state index contributed by atoms with van der Waals surface area (Å²) in [4.78, 5) is 11.8. The lowest BCUT2D eigenvalue weighted by molar-refractivity contribution is 0.0943. The van der Waals surface area contributed by atoms with Crippen molar-refractivity contribution in [1.82, 2.24) is 5.32 Å². The van der Waals surface area contributed by atoms with Gasteiger partial charge in [-0.2, -0.15) is 0 Å². The van der Waals surface area contributed by atoms with E-state index in [1.54, 1.807) is 18.2 Å². The van der Waals surface area contributed by atoms with E-state index in [4.69, 9.17) is 10.5 Å². The second-order valence-corrected chi connectivity index (χ2v) is 3.88. The van der Waals surface area contributed by atoms with Gasteiger partial charge in [-0.1, -0.05) is 0 Å². The lowest BCUT2D eigenvalue weighted by Crippen LogP contribution is -2.26. The van der Waals surface area contributed by atoms with Crippen molar-refractivity contribution in [2.24, 2.45) is 0 Å². The maximum atomic E-state index is 11.8. The Morgan fingerprint density at radius 1 is 1.47 bits per heavy atom. The van der Waals surface area contributed by atoms with Gasteiger partial charge in [-0.05, 0) is 44.0 Å². The summed E-state index contributed by atoms with van der Waals surface area (Å²) in [5.74, 6) is -0.0565. The molecule has 0 aliphatic carbocycles. The maximum Gasteiger partial charge on any atom is 0.251 e. The molecule has 3 N–H and O–H groups in total. The summed E-state index contributed by atoms with van der Waals surface area (Å²) in [6, 6.07) is 5.29. The molecule has 0 bridgehead atoms. The standard InChI is InChI=1S/C13H20N2O2/c1-3-17-8-4-7-15-13(16)12-6-5-11(14)9-10(12)2/h5-6,9H,3-4,7-8,14H2,1-2H3,(H,15,16). The molecule has 1 aromatic carbocycles. The number of rotatable bonds is 6. The molecule has 0 unspecified atom stereocenters. The van der Waals surface area contributed by atoms with Gasteiger partial charge in [-0.3, -0.25) is 4.79 Å². The van der Waals surface area contributed by atoms with Gasteiger partial charge in [0.1, 0.15) is 0 Å². The van der Waals surface area contributed by atoms with Gasteiger partial charge in [0, 0.05) is 31.0 Å². The highest BCUT2D eigenvalue weighted by Crippen LogP contribution is 2.12. The number of nitrogen functional groups attached to an aromatic ring is 1. The fourth-order valence-electron chi connectivity index (χ4n) is 1.56. The Balaban J connectivity index is 2.42. The van der Waals surface area contributed by atoms with E-state index in [1.807, 2.05) is 13.8 Å². The van der Waals surface area contributed by atoms with E-state index in [9.17, 15) is 4.79 Å². The van der Waals surface area contributed by atoms with Crippen LogP contribution >= 0.6 is 0 Å². The Labute approximate surface area is 102 Å². The summed E-state index contributed by atoms with van der Waals surface area (Å²) in [5, 5.41) is 2.86. The molecule has 17 heavy (non-hydrogen) atoms. The van der Waals surface area contributed by atoms with Crippen LogP contribution in [0.15, 0.2) is 18.2 Å². The molecular formula is C13H20N2O2. The number of benzene rings is 1. The highest BCUT2D eigenvalue weighted by Gasteiger charge is 2.07. The SMILES string of the molecule is CCOCCCNC(=O)c1ccc(N)cc1C. The van der Waals surface area contributed by atoms with Gasteiger partial charge >= 0.3 is 0 Å². The minimum absolute atomic E-state index is 0.0565. The van der Waals surface area contributed by atoms with Crippen molar-refractivity contribution in [2.75, 3.05) is 25.5 Å². The van der Waals surface area contributed by atoms with Gasteiger partial charge in [0.25, 0.3) is 5.91 Å². The number of carbonyl (C=O) groups excluding carboxylic acids is 1. The van der Waals surface area contributed by atoms with Crippen LogP contribution in [0.25, 0.3) is 0 Å². The Morgan fingerprint density at radius 2 is 2.24 bits per heavy atom. The quantitative estimate of drug-likeness (QED) is 0.584. The topological polar surface area (TPSA) is 64.3 Å². The first-order valence-corrected chi connectivity index (χ1v) is 5.87. The normalized spacial score (nSPS) is 10.2. The van der Waals surface area contributed by atoms with Crippen LogP contribution in [-0.4, -0.2) is 25.7 Å². The van der Waals surface area contributed by atoms with Gasteiger partial charge in [0.15, 0.2) is 0 Å². The molecule has 1 amide bonds. The number of nitrogens with one attached hydrogen (secondary N) is 1. The molecule has 0 radical (unpaired) electrons. The van der Waals surface area contributed by atoms with Crippen molar-refractivity contribution in [3.8, 4) is 0 Å². The number of amides is 1. The van der Waals surface area contributed by atoms with Crippen molar-refractivity contribution in [1.29, 1.82) is 0 Å². The zero-order chi connectivity index (χ0) is 12.7. The molecule has 0 fully saturated rings. The molecule has 1 rings (SSSR count). The molecule has 0 aliphatic heterocycles.